The molecular weight excluding hydrogens is 229 g/mol. The Balaban J connectivity index is 2.34. The molecule has 2 nitrogen and oxygen atoms in total. The molecule has 0 aromatic heterocycles. The summed E-state index contributed by atoms with van der Waals surface area (Å²) in [5.74, 6) is 0.736. The summed E-state index contributed by atoms with van der Waals surface area (Å²) in [6, 6.07) is 12.1. The van der Waals surface area contributed by atoms with Crippen LogP contribution in [-0.2, 0) is 0 Å². The molecule has 2 N–H and O–H groups in total. The highest BCUT2D eigenvalue weighted by Gasteiger charge is 2.10. The predicted octanol–water partition coefficient (Wildman–Crippen LogP) is 4.32. The first-order chi connectivity index (χ1) is 8.58. The minimum atomic E-state index is -0.450. The molecular formula is C15H16FNO. The highest BCUT2D eigenvalue weighted by molar-refractivity contribution is 5.45. The topological polar surface area (TPSA) is 35.2 Å². The van der Waals surface area contributed by atoms with Crippen LogP contribution in [0.1, 0.15) is 25.3 Å². The van der Waals surface area contributed by atoms with Gasteiger partial charge in [-0.15, -0.1) is 0 Å². The minimum absolute atomic E-state index is 0.192. The first kappa shape index (κ1) is 12.4. The molecule has 2 aromatic rings. The van der Waals surface area contributed by atoms with Gasteiger partial charge < -0.3 is 10.5 Å². The van der Waals surface area contributed by atoms with E-state index in [1.54, 1.807) is 12.1 Å². The quantitative estimate of drug-likeness (QED) is 0.817. The summed E-state index contributed by atoms with van der Waals surface area (Å²) in [6.45, 7) is 4.14. The van der Waals surface area contributed by atoms with Crippen LogP contribution in [0.5, 0.6) is 11.5 Å². The summed E-state index contributed by atoms with van der Waals surface area (Å²) in [4.78, 5) is 0. The molecule has 0 aliphatic rings. The number of para-hydroxylation sites is 1. The maximum atomic E-state index is 13.7. The average Bonchev–Trinajstić information content (AvgIpc) is 2.33. The molecule has 0 radical (unpaired) electrons. The smallest absolute Gasteiger partial charge is 0.167 e. The first-order valence-corrected chi connectivity index (χ1v) is 5.89. The van der Waals surface area contributed by atoms with Crippen molar-refractivity contribution in [2.75, 3.05) is 5.73 Å². The van der Waals surface area contributed by atoms with E-state index in [2.05, 4.69) is 13.8 Å². The third-order valence-corrected chi connectivity index (χ3v) is 2.72. The van der Waals surface area contributed by atoms with Gasteiger partial charge in [-0.1, -0.05) is 32.0 Å². The van der Waals surface area contributed by atoms with Gasteiger partial charge >= 0.3 is 0 Å². The molecule has 2 rings (SSSR count). The third kappa shape index (κ3) is 2.62. The monoisotopic (exact) mass is 245 g/mol. The van der Waals surface area contributed by atoms with Gasteiger partial charge in [0.05, 0.1) is 0 Å². The summed E-state index contributed by atoms with van der Waals surface area (Å²) in [5.41, 5.74) is 6.94. The zero-order valence-corrected chi connectivity index (χ0v) is 10.5. The third-order valence-electron chi connectivity index (χ3n) is 2.72. The van der Waals surface area contributed by atoms with Crippen LogP contribution in [0.3, 0.4) is 0 Å². The maximum Gasteiger partial charge on any atom is 0.167 e. The van der Waals surface area contributed by atoms with Crippen LogP contribution in [0, 0.1) is 5.82 Å². The fourth-order valence-electron chi connectivity index (χ4n) is 1.77. The molecule has 0 saturated heterocycles. The van der Waals surface area contributed by atoms with Crippen molar-refractivity contribution in [2.24, 2.45) is 0 Å². The number of halogens is 1. The van der Waals surface area contributed by atoms with Gasteiger partial charge in [0.15, 0.2) is 11.6 Å². The highest BCUT2D eigenvalue weighted by atomic mass is 19.1. The zero-order valence-electron chi connectivity index (χ0n) is 10.5. The van der Waals surface area contributed by atoms with Crippen LogP contribution in [0.15, 0.2) is 42.5 Å². The number of hydrogen-bond acceptors (Lipinski definition) is 2. The van der Waals surface area contributed by atoms with Gasteiger partial charge in [0.2, 0.25) is 0 Å². The zero-order chi connectivity index (χ0) is 13.1. The summed E-state index contributed by atoms with van der Waals surface area (Å²) in [7, 11) is 0. The van der Waals surface area contributed by atoms with Gasteiger partial charge in [-0.05, 0) is 29.7 Å². The maximum absolute atomic E-state index is 13.7. The number of anilines is 1. The summed E-state index contributed by atoms with van der Waals surface area (Å²) >= 11 is 0. The lowest BCUT2D eigenvalue weighted by Crippen LogP contribution is -1.96. The number of rotatable bonds is 3. The molecule has 2 aromatic carbocycles. The Bertz CT molecular complexity index is 552. The average molecular weight is 245 g/mol. The fourth-order valence-corrected chi connectivity index (χ4v) is 1.77. The molecule has 18 heavy (non-hydrogen) atoms. The Morgan fingerprint density at radius 3 is 2.44 bits per heavy atom. The van der Waals surface area contributed by atoms with E-state index < -0.39 is 5.82 Å². The van der Waals surface area contributed by atoms with Crippen molar-refractivity contribution < 1.29 is 9.13 Å². The number of nitrogen functional groups attached to an aromatic ring is 1. The molecule has 0 heterocycles. The van der Waals surface area contributed by atoms with Crippen LogP contribution in [0.4, 0.5) is 10.1 Å². The largest absolute Gasteiger partial charge is 0.454 e. The molecule has 0 aliphatic heterocycles. The van der Waals surface area contributed by atoms with E-state index in [-0.39, 0.29) is 5.75 Å². The molecule has 0 unspecified atom stereocenters. The van der Waals surface area contributed by atoms with Gasteiger partial charge in [0, 0.05) is 11.8 Å². The second-order valence-corrected chi connectivity index (χ2v) is 4.48. The van der Waals surface area contributed by atoms with E-state index in [0.29, 0.717) is 17.4 Å². The Morgan fingerprint density at radius 2 is 1.78 bits per heavy atom. The molecule has 94 valence electrons. The molecule has 0 amide bonds. The lowest BCUT2D eigenvalue weighted by Gasteiger charge is -2.14. The van der Waals surface area contributed by atoms with Crippen LogP contribution >= 0.6 is 0 Å². The predicted molar refractivity (Wildman–Crippen MR) is 71.4 cm³/mol. The van der Waals surface area contributed by atoms with Crippen molar-refractivity contribution in [3.63, 3.8) is 0 Å². The highest BCUT2D eigenvalue weighted by Crippen LogP contribution is 2.31. The van der Waals surface area contributed by atoms with Crippen LogP contribution in [-0.4, -0.2) is 0 Å². The summed E-state index contributed by atoms with van der Waals surface area (Å²) < 4.78 is 19.3. The number of nitrogens with two attached hydrogens (primary N) is 1. The fraction of sp³-hybridized carbons (Fsp3) is 0.200. The summed E-state index contributed by atoms with van der Waals surface area (Å²) in [5, 5.41) is 0. The Labute approximate surface area is 106 Å². The van der Waals surface area contributed by atoms with Gasteiger partial charge in [-0.2, -0.15) is 0 Å². The van der Waals surface area contributed by atoms with Crippen molar-refractivity contribution in [1.29, 1.82) is 0 Å². The van der Waals surface area contributed by atoms with Crippen molar-refractivity contribution >= 4 is 5.69 Å². The molecule has 0 atom stereocenters. The van der Waals surface area contributed by atoms with Gasteiger partial charge in [-0.3, -0.25) is 0 Å². The lowest BCUT2D eigenvalue weighted by atomic mass is 10.0. The van der Waals surface area contributed by atoms with E-state index in [0.717, 1.165) is 5.56 Å². The summed E-state index contributed by atoms with van der Waals surface area (Å²) in [6.07, 6.45) is 0. The minimum Gasteiger partial charge on any atom is -0.454 e. The molecule has 0 fully saturated rings. The first-order valence-electron chi connectivity index (χ1n) is 5.89. The van der Waals surface area contributed by atoms with Gasteiger partial charge in [0.1, 0.15) is 5.75 Å². The van der Waals surface area contributed by atoms with Gasteiger partial charge in [0.25, 0.3) is 0 Å². The van der Waals surface area contributed by atoms with Gasteiger partial charge in [-0.25, -0.2) is 4.39 Å². The van der Waals surface area contributed by atoms with Crippen LogP contribution < -0.4 is 10.5 Å². The van der Waals surface area contributed by atoms with Crippen LogP contribution in [0.2, 0.25) is 0 Å². The van der Waals surface area contributed by atoms with Crippen molar-refractivity contribution in [3.8, 4) is 11.5 Å². The number of ether oxygens (including phenoxy) is 1. The Morgan fingerprint density at radius 1 is 1.06 bits per heavy atom. The standard InChI is InChI=1S/C15H16FNO/c1-10(2)12-5-3-4-6-14(12)18-15-8-7-11(17)9-13(15)16/h3-10H,17H2,1-2H3. The van der Waals surface area contributed by atoms with E-state index >= 15 is 0 Å². The second kappa shape index (κ2) is 5.08. The second-order valence-electron chi connectivity index (χ2n) is 4.48. The van der Waals surface area contributed by atoms with E-state index in [1.807, 2.05) is 24.3 Å². The number of benzene rings is 2. The lowest BCUT2D eigenvalue weighted by molar-refractivity contribution is 0.436. The Hall–Kier alpha value is -2.03. The SMILES string of the molecule is CC(C)c1ccccc1Oc1ccc(N)cc1F. The van der Waals surface area contributed by atoms with E-state index in [4.69, 9.17) is 10.5 Å². The van der Waals surface area contributed by atoms with Crippen molar-refractivity contribution in [3.05, 3.63) is 53.8 Å². The molecule has 0 saturated carbocycles. The van der Waals surface area contributed by atoms with Crippen molar-refractivity contribution in [1.82, 2.24) is 0 Å². The molecule has 0 spiro atoms. The number of hydrogen-bond donors (Lipinski definition) is 1. The molecule has 0 aliphatic carbocycles. The van der Waals surface area contributed by atoms with Crippen LogP contribution in [0.25, 0.3) is 0 Å². The van der Waals surface area contributed by atoms with E-state index in [9.17, 15) is 4.39 Å². The van der Waals surface area contributed by atoms with Crippen molar-refractivity contribution in [2.45, 2.75) is 19.8 Å². The Kier molecular flexibility index (Phi) is 3.51. The molecule has 3 heteroatoms. The normalized spacial score (nSPS) is 10.7. The van der Waals surface area contributed by atoms with E-state index in [1.165, 1.54) is 6.07 Å². The molecule has 0 bridgehead atoms.